The first-order valence-corrected chi connectivity index (χ1v) is 13.2. The second kappa shape index (κ2) is 11.0. The fraction of sp³-hybridized carbons (Fsp3) is 0.261. The molecule has 0 bridgehead atoms. The molecule has 184 valence electrons. The Morgan fingerprint density at radius 1 is 1.11 bits per heavy atom. The van der Waals surface area contributed by atoms with Crippen molar-refractivity contribution in [2.75, 3.05) is 37.6 Å². The van der Waals surface area contributed by atoms with E-state index in [0.717, 1.165) is 24.0 Å². The number of carbonyl (C=O) groups is 1. The topological polar surface area (TPSA) is 131 Å². The summed E-state index contributed by atoms with van der Waals surface area (Å²) in [6.45, 7) is 3.08. The van der Waals surface area contributed by atoms with E-state index in [9.17, 15) is 23.3 Å². The van der Waals surface area contributed by atoms with Crippen LogP contribution in [-0.2, 0) is 14.8 Å². The molecule has 2 N–H and O–H groups in total. The Bertz CT molecular complexity index is 1290. The van der Waals surface area contributed by atoms with Crippen molar-refractivity contribution >= 4 is 38.6 Å². The van der Waals surface area contributed by atoms with Crippen LogP contribution in [0.1, 0.15) is 21.3 Å². The quantitative estimate of drug-likeness (QED) is 0.330. The normalized spacial score (nSPS) is 15.3. The van der Waals surface area contributed by atoms with Crippen LogP contribution in [0, 0.1) is 10.1 Å². The highest BCUT2D eigenvalue weighted by molar-refractivity contribution is 7.92. The zero-order valence-electron chi connectivity index (χ0n) is 18.6. The molecule has 12 heteroatoms. The number of rotatable bonds is 9. The summed E-state index contributed by atoms with van der Waals surface area (Å²) in [5.41, 5.74) is -0.120. The first-order chi connectivity index (χ1) is 16.8. The third-order valence-corrected chi connectivity index (χ3v) is 7.91. The molecule has 1 aliphatic heterocycles. The van der Waals surface area contributed by atoms with Crippen molar-refractivity contribution in [2.24, 2.45) is 0 Å². The van der Waals surface area contributed by atoms with E-state index in [0.29, 0.717) is 19.8 Å². The van der Waals surface area contributed by atoms with Crippen molar-refractivity contribution in [2.45, 2.75) is 10.9 Å². The van der Waals surface area contributed by atoms with E-state index in [1.807, 2.05) is 17.5 Å². The van der Waals surface area contributed by atoms with Gasteiger partial charge in [0, 0.05) is 36.6 Å². The van der Waals surface area contributed by atoms with Crippen LogP contribution in [0.3, 0.4) is 0 Å². The van der Waals surface area contributed by atoms with Crippen molar-refractivity contribution < 1.29 is 22.9 Å². The van der Waals surface area contributed by atoms with E-state index in [4.69, 9.17) is 4.74 Å². The van der Waals surface area contributed by atoms with Crippen molar-refractivity contribution in [3.8, 4) is 0 Å². The molecule has 2 heterocycles. The van der Waals surface area contributed by atoms with Crippen molar-refractivity contribution in [3.63, 3.8) is 0 Å². The molecule has 1 fully saturated rings. The molecular formula is C23H24N4O6S2. The predicted octanol–water partition coefficient (Wildman–Crippen LogP) is 3.26. The van der Waals surface area contributed by atoms with Gasteiger partial charge in [-0.25, -0.2) is 8.42 Å². The van der Waals surface area contributed by atoms with E-state index < -0.39 is 20.9 Å². The number of para-hydroxylation sites is 1. The predicted molar refractivity (Wildman–Crippen MR) is 132 cm³/mol. The molecule has 10 nitrogen and oxygen atoms in total. The number of carbonyl (C=O) groups excluding carboxylic acids is 1. The second-order valence-electron chi connectivity index (χ2n) is 7.80. The molecule has 0 unspecified atom stereocenters. The molecule has 0 radical (unpaired) electrons. The van der Waals surface area contributed by atoms with Gasteiger partial charge in [-0.05, 0) is 29.6 Å². The van der Waals surface area contributed by atoms with Gasteiger partial charge in [0.15, 0.2) is 0 Å². The molecule has 1 amide bonds. The van der Waals surface area contributed by atoms with Gasteiger partial charge in [-0.2, -0.15) is 0 Å². The van der Waals surface area contributed by atoms with Crippen LogP contribution in [-0.4, -0.2) is 57.0 Å². The van der Waals surface area contributed by atoms with E-state index >= 15 is 0 Å². The minimum atomic E-state index is -4.16. The molecule has 3 aromatic rings. The molecule has 4 rings (SSSR count). The van der Waals surface area contributed by atoms with Crippen LogP contribution in [0.2, 0.25) is 0 Å². The van der Waals surface area contributed by atoms with Crippen molar-refractivity contribution in [3.05, 3.63) is 86.6 Å². The third kappa shape index (κ3) is 6.03. The molecule has 2 aromatic carbocycles. The summed E-state index contributed by atoms with van der Waals surface area (Å²) < 4.78 is 33.6. The van der Waals surface area contributed by atoms with Crippen LogP contribution in [0.4, 0.5) is 11.4 Å². The maximum absolute atomic E-state index is 13.1. The number of sulfonamides is 1. The Morgan fingerprint density at radius 2 is 1.89 bits per heavy atom. The van der Waals surface area contributed by atoms with Gasteiger partial charge >= 0.3 is 0 Å². The average Bonchev–Trinajstić information content (AvgIpc) is 3.39. The van der Waals surface area contributed by atoms with Crippen molar-refractivity contribution in [1.29, 1.82) is 0 Å². The molecular weight excluding hydrogens is 492 g/mol. The van der Waals surface area contributed by atoms with Crippen molar-refractivity contribution in [1.82, 2.24) is 10.2 Å². The molecule has 1 atom stereocenters. The number of hydrogen-bond donors (Lipinski definition) is 2. The Hall–Kier alpha value is -3.32. The van der Waals surface area contributed by atoms with Crippen LogP contribution in [0.25, 0.3) is 0 Å². The van der Waals surface area contributed by atoms with E-state index in [2.05, 4.69) is 14.9 Å². The summed E-state index contributed by atoms with van der Waals surface area (Å²) in [4.78, 5) is 26.6. The maximum atomic E-state index is 13.1. The Labute approximate surface area is 206 Å². The number of nitrogens with one attached hydrogen (secondary N) is 2. The first-order valence-electron chi connectivity index (χ1n) is 10.8. The summed E-state index contributed by atoms with van der Waals surface area (Å²) in [6.07, 6.45) is 0. The van der Waals surface area contributed by atoms with E-state index in [1.165, 1.54) is 30.3 Å². The summed E-state index contributed by atoms with van der Waals surface area (Å²) >= 11 is 1.61. The number of morpholine rings is 1. The van der Waals surface area contributed by atoms with Gasteiger partial charge in [-0.1, -0.05) is 24.3 Å². The zero-order chi connectivity index (χ0) is 24.8. The Balaban J connectivity index is 1.51. The summed E-state index contributed by atoms with van der Waals surface area (Å²) in [7, 11) is -4.16. The number of thiophene rings is 1. The molecule has 35 heavy (non-hydrogen) atoms. The maximum Gasteiger partial charge on any atom is 0.270 e. The lowest BCUT2D eigenvalue weighted by atomic mass is 10.1. The summed E-state index contributed by atoms with van der Waals surface area (Å²) in [5, 5.41) is 16.0. The molecule has 0 saturated carbocycles. The van der Waals surface area contributed by atoms with E-state index in [-0.39, 0.29) is 27.9 Å². The van der Waals surface area contributed by atoms with Crippen LogP contribution in [0.15, 0.2) is 70.9 Å². The molecule has 1 aliphatic rings. The highest BCUT2D eigenvalue weighted by atomic mass is 32.2. The summed E-state index contributed by atoms with van der Waals surface area (Å²) in [6, 6.07) is 14.9. The largest absolute Gasteiger partial charge is 0.379 e. The number of ether oxygens (including phenoxy) is 1. The fourth-order valence-corrected chi connectivity index (χ4v) is 5.78. The number of nitro benzene ring substituents is 1. The third-order valence-electron chi connectivity index (χ3n) is 5.57. The number of hydrogen-bond acceptors (Lipinski definition) is 8. The Morgan fingerprint density at radius 3 is 2.60 bits per heavy atom. The van der Waals surface area contributed by atoms with Gasteiger partial charge in [-0.3, -0.25) is 24.5 Å². The van der Waals surface area contributed by atoms with Crippen LogP contribution < -0.4 is 10.0 Å². The van der Waals surface area contributed by atoms with Gasteiger partial charge in [-0.15, -0.1) is 11.3 Å². The monoisotopic (exact) mass is 516 g/mol. The van der Waals surface area contributed by atoms with Crippen LogP contribution in [0.5, 0.6) is 0 Å². The molecule has 1 aromatic heterocycles. The fourth-order valence-electron chi connectivity index (χ4n) is 3.80. The van der Waals surface area contributed by atoms with Gasteiger partial charge < -0.3 is 10.1 Å². The minimum absolute atomic E-state index is 0.0310. The second-order valence-corrected chi connectivity index (χ2v) is 10.5. The summed E-state index contributed by atoms with van der Waals surface area (Å²) in [5.74, 6) is -0.433. The smallest absolute Gasteiger partial charge is 0.270 e. The Kier molecular flexibility index (Phi) is 7.76. The van der Waals surface area contributed by atoms with Gasteiger partial charge in [0.1, 0.15) is 0 Å². The standard InChI is InChI=1S/C23H24N4O6S2/c28-23(24-16-21(22-9-4-14-34-22)26-10-12-33-13-11-26)19-7-1-2-8-20(19)25-35(31,32)18-6-3-5-17(15-18)27(29)30/h1-9,14-15,21,25H,10-13,16H2,(H,24,28)/t21-/m1/s1. The number of anilines is 1. The number of non-ortho nitro benzene ring substituents is 1. The lowest BCUT2D eigenvalue weighted by Gasteiger charge is -2.34. The number of amides is 1. The van der Waals surface area contributed by atoms with Gasteiger partial charge in [0.2, 0.25) is 0 Å². The highest BCUT2D eigenvalue weighted by Gasteiger charge is 2.25. The lowest BCUT2D eigenvalue weighted by molar-refractivity contribution is -0.385. The highest BCUT2D eigenvalue weighted by Crippen LogP contribution is 2.26. The number of benzene rings is 2. The zero-order valence-corrected chi connectivity index (χ0v) is 20.3. The van der Waals surface area contributed by atoms with Gasteiger partial charge in [0.25, 0.3) is 21.6 Å². The SMILES string of the molecule is O=C(NC[C@H](c1cccs1)N1CCOCC1)c1ccccc1NS(=O)(=O)c1cccc([N+](=O)[O-])c1. The molecule has 0 aliphatic carbocycles. The lowest BCUT2D eigenvalue weighted by Crippen LogP contribution is -2.43. The number of nitrogens with zero attached hydrogens (tertiary/aromatic N) is 2. The molecule has 1 saturated heterocycles. The average molecular weight is 517 g/mol. The first kappa shape index (κ1) is 24.8. The molecule has 0 spiro atoms. The van der Waals surface area contributed by atoms with E-state index in [1.54, 1.807) is 23.5 Å². The number of nitro groups is 1. The van der Waals surface area contributed by atoms with Gasteiger partial charge in [0.05, 0.1) is 40.3 Å². The van der Waals surface area contributed by atoms with Crippen LogP contribution >= 0.6 is 11.3 Å². The minimum Gasteiger partial charge on any atom is -0.379 e.